The molecule has 1 aliphatic heterocycles. The van der Waals surface area contributed by atoms with Crippen LogP contribution in [0.4, 0.5) is 0 Å². The molecule has 0 aromatic heterocycles. The minimum absolute atomic E-state index is 0.229. The molecule has 8 heteroatoms. The normalized spacial score (nSPS) is 23.2. The second kappa shape index (κ2) is 7.26. The minimum atomic E-state index is -3.14. The van der Waals surface area contributed by atoms with Crippen molar-refractivity contribution in [2.45, 2.75) is 32.4 Å². The lowest BCUT2D eigenvalue weighted by Crippen LogP contribution is -2.17. The average Bonchev–Trinajstić information content (AvgIpc) is 2.70. The number of nitrogens with zero attached hydrogens (tertiary/aromatic N) is 1. The molecule has 16 heavy (non-hydrogen) atoms. The zero-order chi connectivity index (χ0) is 12.0. The first-order valence-electron chi connectivity index (χ1n) is 5.29. The summed E-state index contributed by atoms with van der Waals surface area (Å²) in [6, 6.07) is 0. The summed E-state index contributed by atoms with van der Waals surface area (Å²) in [5.74, 6) is 0.806. The lowest BCUT2D eigenvalue weighted by molar-refractivity contribution is -0.234. The quantitative estimate of drug-likeness (QED) is 0.524. The van der Waals surface area contributed by atoms with Crippen LogP contribution in [0.3, 0.4) is 0 Å². The van der Waals surface area contributed by atoms with Gasteiger partial charge in [-0.15, -0.1) is 0 Å². The Morgan fingerprint density at radius 2 is 2.38 bits per heavy atom. The first-order chi connectivity index (χ1) is 7.59. The first kappa shape index (κ1) is 14.8. The van der Waals surface area contributed by atoms with Crippen molar-refractivity contribution >= 4 is 30.2 Å². The molecule has 5 nitrogen and oxygen atoms in total. The summed E-state index contributed by atoms with van der Waals surface area (Å²) in [4.78, 5) is 0. The number of hydrogen-bond donors (Lipinski definition) is 0. The van der Waals surface area contributed by atoms with Gasteiger partial charge >= 0.3 is 6.80 Å². The molecule has 0 saturated carbocycles. The van der Waals surface area contributed by atoms with Crippen molar-refractivity contribution in [1.29, 1.82) is 0 Å². The summed E-state index contributed by atoms with van der Waals surface area (Å²) in [5.41, 5.74) is 0. The summed E-state index contributed by atoms with van der Waals surface area (Å²) in [6.45, 7) is 3.66. The average molecular weight is 287 g/mol. The van der Waals surface area contributed by atoms with Gasteiger partial charge in [0.15, 0.2) is 0 Å². The predicted octanol–water partition coefficient (Wildman–Crippen LogP) is 3.49. The first-order valence-corrected chi connectivity index (χ1v) is 9.23. The fourth-order valence-electron chi connectivity index (χ4n) is 0.937. The third kappa shape index (κ3) is 4.96. The summed E-state index contributed by atoms with van der Waals surface area (Å²) >= 11 is 2.52. The predicted molar refractivity (Wildman–Crippen MR) is 67.9 cm³/mol. The molecule has 2 atom stereocenters. The van der Waals surface area contributed by atoms with Gasteiger partial charge in [-0.2, -0.15) is 4.62 Å². The molecule has 0 aromatic carbocycles. The fraction of sp³-hybridized carbons (Fsp3) is 1.00. The Labute approximate surface area is 105 Å². The van der Waals surface area contributed by atoms with Crippen LogP contribution in [-0.2, 0) is 18.0 Å². The van der Waals surface area contributed by atoms with E-state index in [0.29, 0.717) is 13.2 Å². The van der Waals surface area contributed by atoms with Crippen molar-refractivity contribution in [1.82, 2.24) is 5.23 Å². The van der Waals surface area contributed by atoms with Gasteiger partial charge in [0, 0.05) is 23.0 Å². The zero-order valence-electron chi connectivity index (χ0n) is 9.75. The van der Waals surface area contributed by atoms with Crippen LogP contribution in [0, 0.1) is 0 Å². The molecule has 1 aliphatic rings. The highest BCUT2D eigenvalue weighted by molar-refractivity contribution is 8.55. The van der Waals surface area contributed by atoms with E-state index < -0.39 is 6.80 Å². The van der Waals surface area contributed by atoms with Gasteiger partial charge in [0.2, 0.25) is 0 Å². The van der Waals surface area contributed by atoms with E-state index in [1.54, 1.807) is 6.92 Å². The van der Waals surface area contributed by atoms with Crippen molar-refractivity contribution in [2.75, 3.05) is 18.9 Å². The van der Waals surface area contributed by atoms with Crippen LogP contribution in [0.25, 0.3) is 0 Å². The van der Waals surface area contributed by atoms with E-state index in [4.69, 9.17) is 13.4 Å². The van der Waals surface area contributed by atoms with E-state index in [1.165, 1.54) is 28.7 Å². The summed E-state index contributed by atoms with van der Waals surface area (Å²) in [7, 11) is 0. The second-order valence-electron chi connectivity index (χ2n) is 3.22. The van der Waals surface area contributed by atoms with Gasteiger partial charge < -0.3 is 4.52 Å². The van der Waals surface area contributed by atoms with Crippen LogP contribution < -0.4 is 0 Å². The van der Waals surface area contributed by atoms with Crippen molar-refractivity contribution in [3.05, 3.63) is 0 Å². The summed E-state index contributed by atoms with van der Waals surface area (Å²) in [5, 5.41) is 1.48. The van der Waals surface area contributed by atoms with Gasteiger partial charge in [0.25, 0.3) is 0 Å². The Balaban J connectivity index is 2.52. The number of rotatable bonds is 7. The Morgan fingerprint density at radius 1 is 1.62 bits per heavy atom. The molecule has 96 valence electrons. The summed E-state index contributed by atoms with van der Waals surface area (Å²) in [6.07, 6.45) is 0.917. The van der Waals surface area contributed by atoms with Gasteiger partial charge in [-0.25, -0.2) is 8.85 Å². The Morgan fingerprint density at radius 3 is 2.88 bits per heavy atom. The SMILES string of the molecule is CCOP(=O)(ON1CCSO1)SC(C)CC. The summed E-state index contributed by atoms with van der Waals surface area (Å²) < 4.78 is 27.9. The number of hydroxylamine groups is 2. The Kier molecular flexibility index (Phi) is 6.73. The van der Waals surface area contributed by atoms with Crippen LogP contribution >= 0.6 is 30.2 Å². The van der Waals surface area contributed by atoms with Crippen molar-refractivity contribution in [2.24, 2.45) is 0 Å². The monoisotopic (exact) mass is 287 g/mol. The molecular formula is C8H18NO4PS2. The van der Waals surface area contributed by atoms with Crippen molar-refractivity contribution in [3.8, 4) is 0 Å². The van der Waals surface area contributed by atoms with Crippen LogP contribution in [0.5, 0.6) is 0 Å². The molecule has 0 spiro atoms. The van der Waals surface area contributed by atoms with Gasteiger partial charge in [0.05, 0.1) is 13.2 Å². The number of hydrogen-bond acceptors (Lipinski definition) is 7. The highest BCUT2D eigenvalue weighted by Crippen LogP contribution is 2.63. The topological polar surface area (TPSA) is 48.0 Å². The molecule has 1 fully saturated rings. The maximum atomic E-state index is 12.3. The van der Waals surface area contributed by atoms with Gasteiger partial charge in [-0.1, -0.05) is 13.8 Å². The molecule has 1 saturated heterocycles. The molecule has 1 rings (SSSR count). The van der Waals surface area contributed by atoms with E-state index in [9.17, 15) is 4.57 Å². The highest BCUT2D eigenvalue weighted by Gasteiger charge is 2.33. The maximum absolute atomic E-state index is 12.3. The standard InChI is InChI=1S/C8H18NO4PS2/c1-4-8(3)16-14(10,11-5-2)12-9-6-7-15-13-9/h8H,4-7H2,1-3H3. The highest BCUT2D eigenvalue weighted by atomic mass is 32.7. The third-order valence-corrected chi connectivity index (χ3v) is 6.75. The Hall–Kier alpha value is 0.770. The van der Waals surface area contributed by atoms with Gasteiger partial charge in [0.1, 0.15) is 0 Å². The minimum Gasteiger partial charge on any atom is -0.300 e. The molecule has 0 bridgehead atoms. The largest absolute Gasteiger partial charge is 0.407 e. The molecule has 0 N–H and O–H groups in total. The van der Waals surface area contributed by atoms with Crippen LogP contribution in [0.15, 0.2) is 0 Å². The van der Waals surface area contributed by atoms with Crippen LogP contribution in [0.2, 0.25) is 0 Å². The van der Waals surface area contributed by atoms with E-state index in [0.717, 1.165) is 12.2 Å². The molecule has 1 heterocycles. The smallest absolute Gasteiger partial charge is 0.300 e. The van der Waals surface area contributed by atoms with E-state index in [2.05, 4.69) is 0 Å². The molecule has 0 radical (unpaired) electrons. The van der Waals surface area contributed by atoms with Crippen LogP contribution in [-0.4, -0.2) is 29.4 Å². The zero-order valence-corrected chi connectivity index (χ0v) is 12.3. The van der Waals surface area contributed by atoms with E-state index in [-0.39, 0.29) is 5.25 Å². The second-order valence-corrected chi connectivity index (χ2v) is 8.32. The molecule has 2 unspecified atom stereocenters. The molecule has 0 aromatic rings. The lowest BCUT2D eigenvalue weighted by atomic mass is 10.4. The van der Waals surface area contributed by atoms with Gasteiger partial charge in [-0.3, -0.25) is 0 Å². The lowest BCUT2D eigenvalue weighted by Gasteiger charge is -2.22. The molecular weight excluding hydrogens is 269 g/mol. The molecule has 0 amide bonds. The van der Waals surface area contributed by atoms with Crippen LogP contribution in [0.1, 0.15) is 27.2 Å². The van der Waals surface area contributed by atoms with Crippen molar-refractivity contribution < 1.29 is 18.0 Å². The van der Waals surface area contributed by atoms with E-state index in [1.807, 2.05) is 13.8 Å². The third-order valence-electron chi connectivity index (χ3n) is 1.86. The van der Waals surface area contributed by atoms with E-state index >= 15 is 0 Å². The van der Waals surface area contributed by atoms with Gasteiger partial charge in [-0.05, 0) is 30.0 Å². The maximum Gasteiger partial charge on any atom is 0.407 e. The van der Waals surface area contributed by atoms with Crippen molar-refractivity contribution in [3.63, 3.8) is 0 Å². The Bertz CT molecular complexity index is 250. The molecule has 0 aliphatic carbocycles. The fourth-order valence-corrected chi connectivity index (χ4v) is 5.50.